The third-order valence-corrected chi connectivity index (χ3v) is 3.93. The monoisotopic (exact) mass is 326 g/mol. The Morgan fingerprint density at radius 3 is 2.60 bits per heavy atom. The van der Waals surface area contributed by atoms with Crippen LogP contribution in [0.3, 0.4) is 0 Å². The largest absolute Gasteiger partial charge is 0.389 e. The van der Waals surface area contributed by atoms with Gasteiger partial charge in [0.25, 0.3) is 0 Å². The van der Waals surface area contributed by atoms with Gasteiger partial charge in [0.05, 0.1) is 27.0 Å². The fourth-order valence-electron chi connectivity index (χ4n) is 1.73. The molecule has 2 aromatic rings. The number of nitrogens with one attached hydrogen (secondary N) is 1. The summed E-state index contributed by atoms with van der Waals surface area (Å²) in [4.78, 5) is 0.251. The van der Waals surface area contributed by atoms with Crippen LogP contribution in [-0.2, 0) is 0 Å². The van der Waals surface area contributed by atoms with Gasteiger partial charge in [0, 0.05) is 0 Å². The number of aromatic nitrogens is 2. The molecule has 0 spiro atoms. The molecule has 3 N–H and O–H groups in total. The van der Waals surface area contributed by atoms with Gasteiger partial charge in [-0.15, -0.1) is 5.10 Å². The van der Waals surface area contributed by atoms with Crippen LogP contribution in [0.4, 0.5) is 11.5 Å². The summed E-state index contributed by atoms with van der Waals surface area (Å²) < 4.78 is 0. The Hall–Kier alpha value is -1.43. The van der Waals surface area contributed by atoms with E-state index in [2.05, 4.69) is 15.5 Å². The van der Waals surface area contributed by atoms with Crippen molar-refractivity contribution < 1.29 is 0 Å². The Morgan fingerprint density at radius 2 is 1.95 bits per heavy atom. The molecule has 0 aliphatic rings. The Morgan fingerprint density at radius 1 is 1.25 bits per heavy atom. The van der Waals surface area contributed by atoms with Gasteiger partial charge in [-0.25, -0.2) is 0 Å². The molecule has 0 radical (unpaired) electrons. The van der Waals surface area contributed by atoms with Gasteiger partial charge in [-0.05, 0) is 31.5 Å². The molecule has 0 fully saturated rings. The van der Waals surface area contributed by atoms with Crippen LogP contribution >= 0.6 is 35.4 Å². The van der Waals surface area contributed by atoms with Gasteiger partial charge >= 0.3 is 0 Å². The van der Waals surface area contributed by atoms with Crippen LogP contribution in [0.1, 0.15) is 16.8 Å². The molecule has 1 heterocycles. The summed E-state index contributed by atoms with van der Waals surface area (Å²) in [6, 6.07) is 5.27. The Kier molecular flexibility index (Phi) is 4.42. The molecule has 7 heteroatoms. The van der Waals surface area contributed by atoms with E-state index in [0.29, 0.717) is 27.1 Å². The number of aryl methyl sites for hydroxylation is 1. The summed E-state index contributed by atoms with van der Waals surface area (Å²) in [6.45, 7) is 3.74. The number of rotatable bonds is 3. The standard InChI is InChI=1S/C13H12Cl2N4S/c1-6-7(2)18-19-13(10(6)12(16)20)17-9-5-3-4-8(14)11(9)15/h3-5H,1-2H3,(H2,16,20)(H,17,19). The van der Waals surface area contributed by atoms with Crippen LogP contribution in [0, 0.1) is 13.8 Å². The van der Waals surface area contributed by atoms with Crippen molar-refractivity contribution >= 4 is 51.9 Å². The predicted molar refractivity (Wildman–Crippen MR) is 87.1 cm³/mol. The van der Waals surface area contributed by atoms with Gasteiger partial charge in [0.2, 0.25) is 0 Å². The van der Waals surface area contributed by atoms with Crippen LogP contribution in [0.15, 0.2) is 18.2 Å². The number of nitrogens with two attached hydrogens (primary N) is 1. The molecule has 0 saturated heterocycles. The zero-order valence-corrected chi connectivity index (χ0v) is 13.2. The van der Waals surface area contributed by atoms with Crippen LogP contribution in [0.2, 0.25) is 10.0 Å². The minimum atomic E-state index is 0.251. The van der Waals surface area contributed by atoms with Gasteiger partial charge in [-0.1, -0.05) is 41.5 Å². The second-order valence-electron chi connectivity index (χ2n) is 4.22. The van der Waals surface area contributed by atoms with Crippen molar-refractivity contribution in [1.29, 1.82) is 0 Å². The van der Waals surface area contributed by atoms with E-state index in [9.17, 15) is 0 Å². The first-order valence-corrected chi connectivity index (χ1v) is 6.93. The summed E-state index contributed by atoms with van der Waals surface area (Å²) in [5.41, 5.74) is 8.70. The van der Waals surface area contributed by atoms with Gasteiger partial charge < -0.3 is 11.1 Å². The summed E-state index contributed by atoms with van der Waals surface area (Å²) in [7, 11) is 0. The highest BCUT2D eigenvalue weighted by Crippen LogP contribution is 2.32. The van der Waals surface area contributed by atoms with Gasteiger partial charge in [0.1, 0.15) is 4.99 Å². The fraction of sp³-hybridized carbons (Fsp3) is 0.154. The molecule has 0 amide bonds. The van der Waals surface area contributed by atoms with E-state index < -0.39 is 0 Å². The van der Waals surface area contributed by atoms with Crippen molar-refractivity contribution in [2.45, 2.75) is 13.8 Å². The van der Waals surface area contributed by atoms with Gasteiger partial charge in [0.15, 0.2) is 5.82 Å². The van der Waals surface area contributed by atoms with E-state index in [-0.39, 0.29) is 4.99 Å². The highest BCUT2D eigenvalue weighted by Gasteiger charge is 2.15. The third kappa shape index (κ3) is 2.85. The van der Waals surface area contributed by atoms with Crippen molar-refractivity contribution in [3.8, 4) is 0 Å². The first-order chi connectivity index (χ1) is 9.41. The van der Waals surface area contributed by atoms with Crippen molar-refractivity contribution in [2.75, 3.05) is 5.32 Å². The van der Waals surface area contributed by atoms with Crippen LogP contribution < -0.4 is 11.1 Å². The highest BCUT2D eigenvalue weighted by molar-refractivity contribution is 7.80. The maximum absolute atomic E-state index is 6.14. The highest BCUT2D eigenvalue weighted by atomic mass is 35.5. The average molecular weight is 327 g/mol. The molecular formula is C13H12Cl2N4S. The van der Waals surface area contributed by atoms with Crippen molar-refractivity contribution in [3.05, 3.63) is 45.1 Å². The van der Waals surface area contributed by atoms with E-state index in [1.54, 1.807) is 18.2 Å². The van der Waals surface area contributed by atoms with Gasteiger partial charge in [-0.2, -0.15) is 5.10 Å². The van der Waals surface area contributed by atoms with Crippen molar-refractivity contribution in [1.82, 2.24) is 10.2 Å². The first-order valence-electron chi connectivity index (χ1n) is 5.76. The van der Waals surface area contributed by atoms with Gasteiger partial charge in [-0.3, -0.25) is 0 Å². The zero-order valence-electron chi connectivity index (χ0n) is 10.9. The summed E-state index contributed by atoms with van der Waals surface area (Å²) in [5, 5.41) is 12.1. The Balaban J connectivity index is 2.52. The lowest BCUT2D eigenvalue weighted by atomic mass is 10.1. The molecule has 0 aliphatic carbocycles. The van der Waals surface area contributed by atoms with E-state index in [1.807, 2.05) is 13.8 Å². The predicted octanol–water partition coefficient (Wildman–Crippen LogP) is 3.78. The van der Waals surface area contributed by atoms with E-state index in [4.69, 9.17) is 41.2 Å². The molecular weight excluding hydrogens is 315 g/mol. The lowest BCUT2D eigenvalue weighted by molar-refractivity contribution is 0.963. The molecule has 0 aliphatic heterocycles. The number of hydrogen-bond donors (Lipinski definition) is 2. The maximum atomic E-state index is 6.14. The summed E-state index contributed by atoms with van der Waals surface area (Å²) in [5.74, 6) is 0.463. The number of halogens is 2. The van der Waals surface area contributed by atoms with Crippen LogP contribution in [0.25, 0.3) is 0 Å². The number of nitrogens with zero attached hydrogens (tertiary/aromatic N) is 2. The minimum Gasteiger partial charge on any atom is -0.389 e. The van der Waals surface area contributed by atoms with E-state index in [1.165, 1.54) is 0 Å². The molecule has 0 unspecified atom stereocenters. The molecule has 4 nitrogen and oxygen atoms in total. The van der Waals surface area contributed by atoms with E-state index >= 15 is 0 Å². The van der Waals surface area contributed by atoms with Crippen LogP contribution in [-0.4, -0.2) is 15.2 Å². The van der Waals surface area contributed by atoms with Crippen LogP contribution in [0.5, 0.6) is 0 Å². The molecule has 2 rings (SSSR count). The minimum absolute atomic E-state index is 0.251. The molecule has 0 bridgehead atoms. The molecule has 1 aromatic carbocycles. The van der Waals surface area contributed by atoms with Crippen molar-refractivity contribution in [2.24, 2.45) is 5.73 Å². The number of benzene rings is 1. The smallest absolute Gasteiger partial charge is 0.163 e. The normalized spacial score (nSPS) is 10.4. The second-order valence-corrected chi connectivity index (χ2v) is 5.45. The number of anilines is 2. The topological polar surface area (TPSA) is 63.8 Å². The molecule has 104 valence electrons. The SMILES string of the molecule is Cc1nnc(Nc2cccc(Cl)c2Cl)c(C(N)=S)c1C. The number of hydrogen-bond acceptors (Lipinski definition) is 4. The molecule has 1 aromatic heterocycles. The quantitative estimate of drug-likeness (QED) is 0.840. The molecule has 0 atom stereocenters. The summed E-state index contributed by atoms with van der Waals surface area (Å²) in [6.07, 6.45) is 0. The first kappa shape index (κ1) is 15.0. The summed E-state index contributed by atoms with van der Waals surface area (Å²) >= 11 is 17.2. The lowest BCUT2D eigenvalue weighted by Gasteiger charge is -2.14. The molecule has 0 saturated carbocycles. The second kappa shape index (κ2) is 5.91. The third-order valence-electron chi connectivity index (χ3n) is 2.91. The Bertz CT molecular complexity index is 688. The average Bonchev–Trinajstić information content (AvgIpc) is 2.39. The Labute approximate surface area is 132 Å². The number of thiocarbonyl (C=S) groups is 1. The lowest BCUT2D eigenvalue weighted by Crippen LogP contribution is -2.17. The zero-order chi connectivity index (χ0) is 14.9. The fourth-order valence-corrected chi connectivity index (χ4v) is 2.32. The maximum Gasteiger partial charge on any atom is 0.163 e. The van der Waals surface area contributed by atoms with Crippen molar-refractivity contribution in [3.63, 3.8) is 0 Å². The molecule has 20 heavy (non-hydrogen) atoms. The van der Waals surface area contributed by atoms with E-state index in [0.717, 1.165) is 11.3 Å².